The summed E-state index contributed by atoms with van der Waals surface area (Å²) in [5, 5.41) is 0.499. The van der Waals surface area contributed by atoms with E-state index >= 15 is 0 Å². The molecule has 4 rings (SSSR count). The van der Waals surface area contributed by atoms with Gasteiger partial charge < -0.3 is 9.80 Å². The maximum absolute atomic E-state index is 12.9. The van der Waals surface area contributed by atoms with E-state index in [-0.39, 0.29) is 5.91 Å². The van der Waals surface area contributed by atoms with Gasteiger partial charge in [0.15, 0.2) is 0 Å². The summed E-state index contributed by atoms with van der Waals surface area (Å²) < 4.78 is 0. The maximum Gasteiger partial charge on any atom is 0.255 e. The first-order valence-corrected chi connectivity index (χ1v) is 11.1. The summed E-state index contributed by atoms with van der Waals surface area (Å²) in [6.07, 6.45) is 1.67. The predicted octanol–water partition coefficient (Wildman–Crippen LogP) is 4.55. The second-order valence-electron chi connectivity index (χ2n) is 7.79. The number of carbonyl (C=O) groups excluding carboxylic acids is 1. The molecule has 1 saturated heterocycles. The Labute approximate surface area is 188 Å². The Morgan fingerprint density at radius 3 is 2.32 bits per heavy atom. The molecule has 0 bridgehead atoms. The molecule has 0 saturated carbocycles. The number of piperazine rings is 1. The summed E-state index contributed by atoms with van der Waals surface area (Å²) in [6, 6.07) is 17.7. The molecule has 0 spiro atoms. The molecule has 160 valence electrons. The molecule has 2 heterocycles. The first kappa shape index (κ1) is 21.3. The molecule has 5 nitrogen and oxygen atoms in total. The molecular formula is C25H27ClN4O. The number of aryl methyl sites for hydroxylation is 2. The van der Waals surface area contributed by atoms with Crippen LogP contribution in [-0.4, -0.2) is 47.0 Å². The zero-order valence-corrected chi connectivity index (χ0v) is 18.8. The van der Waals surface area contributed by atoms with Crippen molar-refractivity contribution in [1.82, 2.24) is 14.9 Å². The minimum absolute atomic E-state index is 0.0112. The quantitative estimate of drug-likeness (QED) is 0.591. The van der Waals surface area contributed by atoms with Gasteiger partial charge >= 0.3 is 0 Å². The van der Waals surface area contributed by atoms with Gasteiger partial charge in [0, 0.05) is 43.9 Å². The third kappa shape index (κ3) is 4.72. The number of anilines is 1. The van der Waals surface area contributed by atoms with Crippen LogP contribution in [0.5, 0.6) is 0 Å². The Morgan fingerprint density at radius 1 is 0.968 bits per heavy atom. The Morgan fingerprint density at radius 2 is 1.65 bits per heavy atom. The van der Waals surface area contributed by atoms with Crippen LogP contribution in [0, 0.1) is 6.92 Å². The number of hydrogen-bond donors (Lipinski definition) is 0. The molecule has 31 heavy (non-hydrogen) atoms. The van der Waals surface area contributed by atoms with E-state index in [2.05, 4.69) is 36.1 Å². The van der Waals surface area contributed by atoms with Crippen molar-refractivity contribution in [3.63, 3.8) is 0 Å². The molecule has 0 aliphatic carbocycles. The van der Waals surface area contributed by atoms with Gasteiger partial charge in [0.25, 0.3) is 5.91 Å². The zero-order chi connectivity index (χ0) is 21.8. The average molecular weight is 435 g/mol. The van der Waals surface area contributed by atoms with Crippen molar-refractivity contribution >= 4 is 23.3 Å². The average Bonchev–Trinajstić information content (AvgIpc) is 2.80. The molecule has 6 heteroatoms. The zero-order valence-electron chi connectivity index (χ0n) is 18.0. The molecule has 3 aromatic rings. The number of benzene rings is 2. The highest BCUT2D eigenvalue weighted by molar-refractivity contribution is 6.33. The number of nitrogens with zero attached hydrogens (tertiary/aromatic N) is 4. The molecule has 0 radical (unpaired) electrons. The fourth-order valence-electron chi connectivity index (χ4n) is 4.10. The number of aromatic nitrogens is 2. The van der Waals surface area contributed by atoms with Gasteiger partial charge in [0.05, 0.1) is 10.6 Å². The molecule has 0 unspecified atom stereocenters. The highest BCUT2D eigenvalue weighted by atomic mass is 35.5. The molecular weight excluding hydrogens is 408 g/mol. The summed E-state index contributed by atoms with van der Waals surface area (Å²) in [5.74, 6) is 1.78. The van der Waals surface area contributed by atoms with Gasteiger partial charge in [-0.15, -0.1) is 0 Å². The van der Waals surface area contributed by atoms with E-state index in [0.717, 1.165) is 43.3 Å². The van der Waals surface area contributed by atoms with Crippen LogP contribution in [0.1, 0.15) is 39.9 Å². The van der Waals surface area contributed by atoms with E-state index in [4.69, 9.17) is 21.6 Å². The van der Waals surface area contributed by atoms with Gasteiger partial charge in [0.2, 0.25) is 0 Å². The van der Waals surface area contributed by atoms with E-state index in [0.29, 0.717) is 23.7 Å². The van der Waals surface area contributed by atoms with Crippen LogP contribution in [0.4, 0.5) is 5.82 Å². The Hall–Kier alpha value is -2.92. The van der Waals surface area contributed by atoms with E-state index in [9.17, 15) is 4.79 Å². The van der Waals surface area contributed by atoms with Crippen molar-refractivity contribution in [2.24, 2.45) is 0 Å². The van der Waals surface area contributed by atoms with E-state index in [1.807, 2.05) is 30.0 Å². The van der Waals surface area contributed by atoms with Crippen LogP contribution in [-0.2, 0) is 12.8 Å². The highest BCUT2D eigenvalue weighted by Crippen LogP contribution is 2.26. The number of rotatable bonds is 5. The lowest BCUT2D eigenvalue weighted by Gasteiger charge is -2.36. The van der Waals surface area contributed by atoms with Gasteiger partial charge in [-0.25, -0.2) is 9.97 Å². The van der Waals surface area contributed by atoms with Crippen molar-refractivity contribution in [2.75, 3.05) is 31.1 Å². The van der Waals surface area contributed by atoms with E-state index < -0.39 is 0 Å². The van der Waals surface area contributed by atoms with Crippen LogP contribution >= 0.6 is 11.6 Å². The van der Waals surface area contributed by atoms with Crippen LogP contribution in [0.2, 0.25) is 5.02 Å². The van der Waals surface area contributed by atoms with Gasteiger partial charge in [0.1, 0.15) is 11.6 Å². The fourth-order valence-corrected chi connectivity index (χ4v) is 4.32. The number of halogens is 1. The topological polar surface area (TPSA) is 49.3 Å². The summed E-state index contributed by atoms with van der Waals surface area (Å²) in [5.41, 5.74) is 4.10. The Bertz CT molecular complexity index is 1060. The van der Waals surface area contributed by atoms with Crippen molar-refractivity contribution < 1.29 is 4.79 Å². The number of amides is 1. The summed E-state index contributed by atoms with van der Waals surface area (Å²) in [6.45, 7) is 6.83. The van der Waals surface area contributed by atoms with Gasteiger partial charge in [-0.2, -0.15) is 0 Å². The van der Waals surface area contributed by atoms with Crippen LogP contribution in [0.3, 0.4) is 0 Å². The van der Waals surface area contributed by atoms with Crippen molar-refractivity contribution in [3.8, 4) is 0 Å². The SMILES string of the molecule is CCc1nc(C)nc(N2CCN(C(=O)c3ccccc3Cl)CC2)c1Cc1ccccc1. The fraction of sp³-hybridized carbons (Fsp3) is 0.320. The monoisotopic (exact) mass is 434 g/mol. The van der Waals surface area contributed by atoms with Crippen molar-refractivity contribution in [3.05, 3.63) is 87.8 Å². The second kappa shape index (κ2) is 9.48. The first-order chi connectivity index (χ1) is 15.1. The smallest absolute Gasteiger partial charge is 0.255 e. The molecule has 0 N–H and O–H groups in total. The highest BCUT2D eigenvalue weighted by Gasteiger charge is 2.26. The minimum Gasteiger partial charge on any atom is -0.353 e. The summed E-state index contributed by atoms with van der Waals surface area (Å²) in [7, 11) is 0. The lowest BCUT2D eigenvalue weighted by atomic mass is 10.0. The summed E-state index contributed by atoms with van der Waals surface area (Å²) in [4.78, 5) is 26.6. The van der Waals surface area contributed by atoms with Crippen molar-refractivity contribution in [1.29, 1.82) is 0 Å². The van der Waals surface area contributed by atoms with E-state index in [1.165, 1.54) is 11.1 Å². The lowest BCUT2D eigenvalue weighted by molar-refractivity contribution is 0.0746. The molecule has 1 amide bonds. The van der Waals surface area contributed by atoms with Gasteiger partial charge in [-0.1, -0.05) is 61.0 Å². The third-order valence-electron chi connectivity index (χ3n) is 5.71. The third-order valence-corrected chi connectivity index (χ3v) is 6.04. The largest absolute Gasteiger partial charge is 0.353 e. The van der Waals surface area contributed by atoms with Crippen LogP contribution in [0.25, 0.3) is 0 Å². The molecule has 1 aliphatic rings. The van der Waals surface area contributed by atoms with E-state index in [1.54, 1.807) is 12.1 Å². The normalized spacial score (nSPS) is 14.0. The number of carbonyl (C=O) groups is 1. The Balaban J connectivity index is 1.56. The van der Waals surface area contributed by atoms with Crippen LogP contribution in [0.15, 0.2) is 54.6 Å². The molecule has 2 aromatic carbocycles. The van der Waals surface area contributed by atoms with Crippen molar-refractivity contribution in [2.45, 2.75) is 26.7 Å². The molecule has 1 aliphatic heterocycles. The van der Waals surface area contributed by atoms with Crippen LogP contribution < -0.4 is 4.90 Å². The predicted molar refractivity (Wildman–Crippen MR) is 125 cm³/mol. The second-order valence-corrected chi connectivity index (χ2v) is 8.20. The van der Waals surface area contributed by atoms with Gasteiger partial charge in [-0.3, -0.25) is 4.79 Å². The maximum atomic E-state index is 12.9. The minimum atomic E-state index is -0.0112. The summed E-state index contributed by atoms with van der Waals surface area (Å²) >= 11 is 6.24. The first-order valence-electron chi connectivity index (χ1n) is 10.8. The molecule has 1 fully saturated rings. The standard InChI is InChI=1S/C25H27ClN4O/c1-3-23-21(17-19-9-5-4-6-10-19)24(28-18(2)27-23)29-13-15-30(16-14-29)25(31)20-11-7-8-12-22(20)26/h4-12H,3,13-17H2,1-2H3. The molecule has 1 aromatic heterocycles. The molecule has 0 atom stereocenters. The van der Waals surface area contributed by atoms with Gasteiger partial charge in [-0.05, 0) is 31.0 Å². The lowest BCUT2D eigenvalue weighted by Crippen LogP contribution is -2.49. The number of hydrogen-bond acceptors (Lipinski definition) is 4. The Kier molecular flexibility index (Phi) is 6.52.